The smallest absolute Gasteiger partial charge is 0.262 e. The first-order chi connectivity index (χ1) is 13.7. The molecule has 7 nitrogen and oxygen atoms in total. The number of hydrogen-bond donors (Lipinski definition) is 2. The van der Waals surface area contributed by atoms with E-state index in [9.17, 15) is 13.2 Å². The first-order valence-electron chi connectivity index (χ1n) is 8.73. The van der Waals surface area contributed by atoms with Crippen LogP contribution in [-0.4, -0.2) is 25.7 Å². The lowest BCUT2D eigenvalue weighted by molar-refractivity contribution is -0.114. The second-order valence-electron chi connectivity index (χ2n) is 6.47. The standard InChI is InChI=1S/C20H21N3O4S2/c1-12-8-9-15(19-13(2)22-27-20(19)21-14(3)24)10-18(12)29(25,26)23-16-6-5-7-17(11-16)28-4/h5-11,23H,1-4H3,(H,21,24). The predicted octanol–water partition coefficient (Wildman–Crippen LogP) is 4.44. The van der Waals surface area contributed by atoms with E-state index in [0.29, 0.717) is 28.1 Å². The van der Waals surface area contributed by atoms with Gasteiger partial charge < -0.3 is 4.52 Å². The molecule has 1 aromatic heterocycles. The number of nitrogens with one attached hydrogen (secondary N) is 2. The highest BCUT2D eigenvalue weighted by Gasteiger charge is 2.22. The second kappa shape index (κ2) is 8.30. The monoisotopic (exact) mass is 431 g/mol. The van der Waals surface area contributed by atoms with Gasteiger partial charge in [-0.05, 0) is 55.5 Å². The van der Waals surface area contributed by atoms with E-state index in [0.717, 1.165) is 4.90 Å². The van der Waals surface area contributed by atoms with E-state index in [4.69, 9.17) is 4.52 Å². The molecule has 0 atom stereocenters. The molecular formula is C20H21N3O4S2. The summed E-state index contributed by atoms with van der Waals surface area (Å²) in [5.41, 5.74) is 2.75. The topological polar surface area (TPSA) is 101 Å². The van der Waals surface area contributed by atoms with Crippen molar-refractivity contribution >= 4 is 39.3 Å². The van der Waals surface area contributed by atoms with Crippen LogP contribution < -0.4 is 10.0 Å². The summed E-state index contributed by atoms with van der Waals surface area (Å²) in [5, 5.41) is 6.47. The van der Waals surface area contributed by atoms with Gasteiger partial charge in [0.15, 0.2) is 0 Å². The van der Waals surface area contributed by atoms with Gasteiger partial charge in [-0.1, -0.05) is 23.4 Å². The SMILES string of the molecule is CSc1cccc(NS(=O)(=O)c2cc(-c3c(C)noc3NC(C)=O)ccc2C)c1. The Morgan fingerprint density at radius 1 is 1.14 bits per heavy atom. The number of anilines is 2. The first kappa shape index (κ1) is 20.9. The zero-order chi connectivity index (χ0) is 21.2. The molecule has 0 unspecified atom stereocenters. The molecule has 0 aliphatic rings. The van der Waals surface area contributed by atoms with Gasteiger partial charge in [0.1, 0.15) is 0 Å². The lowest BCUT2D eigenvalue weighted by atomic mass is 10.0. The number of carbonyl (C=O) groups excluding carboxylic acids is 1. The van der Waals surface area contributed by atoms with Crippen molar-refractivity contribution in [2.75, 3.05) is 16.3 Å². The highest BCUT2D eigenvalue weighted by molar-refractivity contribution is 7.98. The third-order valence-electron chi connectivity index (χ3n) is 4.24. The zero-order valence-corrected chi connectivity index (χ0v) is 18.1. The van der Waals surface area contributed by atoms with Crippen molar-refractivity contribution in [1.82, 2.24) is 5.16 Å². The van der Waals surface area contributed by atoms with E-state index in [1.165, 1.54) is 18.7 Å². The highest BCUT2D eigenvalue weighted by atomic mass is 32.2. The van der Waals surface area contributed by atoms with Crippen LogP contribution in [0.25, 0.3) is 11.1 Å². The van der Waals surface area contributed by atoms with E-state index in [1.807, 2.05) is 12.3 Å². The number of carbonyl (C=O) groups is 1. The molecule has 0 spiro atoms. The minimum atomic E-state index is -3.83. The maximum atomic E-state index is 13.1. The number of sulfonamides is 1. The third-order valence-corrected chi connectivity index (χ3v) is 6.49. The molecule has 0 saturated heterocycles. The molecule has 152 valence electrons. The highest BCUT2D eigenvalue weighted by Crippen LogP contribution is 2.34. The van der Waals surface area contributed by atoms with Crippen molar-refractivity contribution in [2.24, 2.45) is 0 Å². The van der Waals surface area contributed by atoms with Gasteiger partial charge in [0.2, 0.25) is 11.8 Å². The van der Waals surface area contributed by atoms with Crippen LogP contribution in [0.4, 0.5) is 11.6 Å². The van der Waals surface area contributed by atoms with Gasteiger partial charge in [-0.2, -0.15) is 0 Å². The van der Waals surface area contributed by atoms with E-state index >= 15 is 0 Å². The number of aromatic nitrogens is 1. The fourth-order valence-corrected chi connectivity index (χ4v) is 4.68. The predicted molar refractivity (Wildman–Crippen MR) is 115 cm³/mol. The number of nitrogens with zero attached hydrogens (tertiary/aromatic N) is 1. The lowest BCUT2D eigenvalue weighted by Crippen LogP contribution is -2.14. The summed E-state index contributed by atoms with van der Waals surface area (Å²) in [4.78, 5) is 12.5. The Kier molecular flexibility index (Phi) is 5.99. The molecule has 29 heavy (non-hydrogen) atoms. The third kappa shape index (κ3) is 4.63. The Labute approximate surface area is 173 Å². The van der Waals surface area contributed by atoms with Crippen LogP contribution in [0.1, 0.15) is 18.2 Å². The number of rotatable bonds is 6. The van der Waals surface area contributed by atoms with Gasteiger partial charge in [-0.15, -0.1) is 11.8 Å². The Bertz CT molecular complexity index is 1170. The van der Waals surface area contributed by atoms with Crippen molar-refractivity contribution in [2.45, 2.75) is 30.6 Å². The van der Waals surface area contributed by atoms with E-state index < -0.39 is 10.0 Å². The van der Waals surface area contributed by atoms with E-state index in [2.05, 4.69) is 15.2 Å². The molecule has 0 saturated carbocycles. The molecule has 0 radical (unpaired) electrons. The van der Waals surface area contributed by atoms with Crippen LogP contribution in [0, 0.1) is 13.8 Å². The molecule has 2 N–H and O–H groups in total. The number of aryl methyl sites for hydroxylation is 2. The average Bonchev–Trinajstić information content (AvgIpc) is 3.01. The summed E-state index contributed by atoms with van der Waals surface area (Å²) in [6.07, 6.45) is 1.93. The average molecular weight is 432 g/mol. The minimum absolute atomic E-state index is 0.138. The molecule has 0 bridgehead atoms. The molecule has 0 fully saturated rings. The van der Waals surface area contributed by atoms with Gasteiger partial charge in [0.05, 0.1) is 16.2 Å². The summed E-state index contributed by atoms with van der Waals surface area (Å²) < 4.78 is 34.0. The molecule has 0 aliphatic heterocycles. The molecule has 2 aromatic carbocycles. The fraction of sp³-hybridized carbons (Fsp3) is 0.200. The molecular weight excluding hydrogens is 410 g/mol. The minimum Gasteiger partial charge on any atom is -0.337 e. The summed E-state index contributed by atoms with van der Waals surface area (Å²) in [6, 6.07) is 12.2. The Morgan fingerprint density at radius 2 is 1.90 bits per heavy atom. The number of amides is 1. The Morgan fingerprint density at radius 3 is 2.59 bits per heavy atom. The van der Waals surface area contributed by atoms with Crippen molar-refractivity contribution in [3.63, 3.8) is 0 Å². The van der Waals surface area contributed by atoms with E-state index in [1.54, 1.807) is 50.2 Å². The summed E-state index contributed by atoms with van der Waals surface area (Å²) in [6.45, 7) is 4.81. The molecule has 1 heterocycles. The first-order valence-corrected chi connectivity index (χ1v) is 11.4. The Hall–Kier alpha value is -2.78. The van der Waals surface area contributed by atoms with Crippen LogP contribution >= 0.6 is 11.8 Å². The number of benzene rings is 2. The summed E-state index contributed by atoms with van der Waals surface area (Å²) >= 11 is 1.53. The van der Waals surface area contributed by atoms with Crippen LogP contribution in [-0.2, 0) is 14.8 Å². The second-order valence-corrected chi connectivity index (χ2v) is 9.00. The largest absolute Gasteiger partial charge is 0.337 e. The van der Waals surface area contributed by atoms with Gasteiger partial charge in [-0.3, -0.25) is 14.8 Å². The zero-order valence-electron chi connectivity index (χ0n) is 16.4. The van der Waals surface area contributed by atoms with Crippen LogP contribution in [0.5, 0.6) is 0 Å². The maximum absolute atomic E-state index is 13.1. The molecule has 0 aliphatic carbocycles. The molecule has 3 aromatic rings. The fourth-order valence-electron chi connectivity index (χ4n) is 2.90. The van der Waals surface area contributed by atoms with Crippen molar-refractivity contribution in [3.05, 3.63) is 53.7 Å². The quantitative estimate of drug-likeness (QED) is 0.560. The van der Waals surface area contributed by atoms with Gasteiger partial charge in [-0.25, -0.2) is 8.42 Å². The molecule has 9 heteroatoms. The van der Waals surface area contributed by atoms with Crippen LogP contribution in [0.15, 0.2) is 56.8 Å². The number of hydrogen-bond acceptors (Lipinski definition) is 6. The normalized spacial score (nSPS) is 11.3. The van der Waals surface area contributed by atoms with Crippen LogP contribution in [0.2, 0.25) is 0 Å². The molecule has 3 rings (SSSR count). The van der Waals surface area contributed by atoms with E-state index in [-0.39, 0.29) is 16.7 Å². The van der Waals surface area contributed by atoms with Gasteiger partial charge >= 0.3 is 0 Å². The number of thioether (sulfide) groups is 1. The summed E-state index contributed by atoms with van der Waals surface area (Å²) in [7, 11) is -3.83. The molecule has 1 amide bonds. The van der Waals surface area contributed by atoms with Crippen molar-refractivity contribution in [3.8, 4) is 11.1 Å². The lowest BCUT2D eigenvalue weighted by Gasteiger charge is -2.13. The summed E-state index contributed by atoms with van der Waals surface area (Å²) in [5.74, 6) is -0.125. The van der Waals surface area contributed by atoms with Crippen molar-refractivity contribution < 1.29 is 17.7 Å². The van der Waals surface area contributed by atoms with Gasteiger partial charge in [0, 0.05) is 17.5 Å². The van der Waals surface area contributed by atoms with Gasteiger partial charge in [0.25, 0.3) is 10.0 Å². The van der Waals surface area contributed by atoms with Crippen molar-refractivity contribution in [1.29, 1.82) is 0 Å². The Balaban J connectivity index is 2.03. The van der Waals surface area contributed by atoms with Crippen LogP contribution in [0.3, 0.4) is 0 Å². The maximum Gasteiger partial charge on any atom is 0.262 e.